The highest BCUT2D eigenvalue weighted by molar-refractivity contribution is 7.20. The fourth-order valence-corrected chi connectivity index (χ4v) is 5.79. The van der Waals surface area contributed by atoms with Crippen LogP contribution in [0.2, 0.25) is 0 Å². The second-order valence-corrected chi connectivity index (χ2v) is 9.88. The SMILES string of the molecule is Cc1ccc(-n2c(C)cc(C(=O)COC(=O)c3sc4nc5n(c(=O)c4c3C)CCC5)c2C)cc1F. The van der Waals surface area contributed by atoms with Gasteiger partial charge >= 0.3 is 5.97 Å². The number of thiophene rings is 1. The molecule has 0 fully saturated rings. The number of esters is 1. The van der Waals surface area contributed by atoms with Gasteiger partial charge in [-0.2, -0.15) is 0 Å². The van der Waals surface area contributed by atoms with Gasteiger partial charge in [0.25, 0.3) is 5.56 Å². The largest absolute Gasteiger partial charge is 0.453 e. The molecule has 4 heterocycles. The van der Waals surface area contributed by atoms with E-state index in [4.69, 9.17) is 4.74 Å². The first kappa shape index (κ1) is 23.2. The monoisotopic (exact) mass is 493 g/mol. The molecule has 180 valence electrons. The lowest BCUT2D eigenvalue weighted by Crippen LogP contribution is -2.20. The van der Waals surface area contributed by atoms with Crippen LogP contribution in [0.5, 0.6) is 0 Å². The number of halogens is 1. The number of benzene rings is 1. The average Bonchev–Trinajstić information content (AvgIpc) is 3.50. The summed E-state index contributed by atoms with van der Waals surface area (Å²) in [6, 6.07) is 6.62. The Hall–Kier alpha value is -3.59. The fraction of sp³-hybridized carbons (Fsp3) is 0.308. The van der Waals surface area contributed by atoms with E-state index in [-0.39, 0.29) is 22.0 Å². The van der Waals surface area contributed by atoms with E-state index < -0.39 is 12.6 Å². The van der Waals surface area contributed by atoms with Crippen molar-refractivity contribution in [3.8, 4) is 5.69 Å². The molecule has 4 aromatic rings. The van der Waals surface area contributed by atoms with E-state index in [1.165, 1.54) is 6.07 Å². The predicted molar refractivity (Wildman–Crippen MR) is 131 cm³/mol. The number of Topliss-reactive ketones (excluding diaryl/α,β-unsaturated/α-hetero) is 1. The minimum absolute atomic E-state index is 0.133. The van der Waals surface area contributed by atoms with Crippen molar-refractivity contribution in [3.05, 3.63) is 79.2 Å². The van der Waals surface area contributed by atoms with Gasteiger partial charge in [0.15, 0.2) is 6.61 Å². The Balaban J connectivity index is 1.37. The van der Waals surface area contributed by atoms with Crippen LogP contribution < -0.4 is 5.56 Å². The summed E-state index contributed by atoms with van der Waals surface area (Å²) in [5, 5.41) is 0.438. The summed E-state index contributed by atoms with van der Waals surface area (Å²) in [5.41, 5.74) is 3.36. The number of aryl methyl sites for hydroxylation is 4. The van der Waals surface area contributed by atoms with Gasteiger partial charge in [0.05, 0.1) is 5.39 Å². The summed E-state index contributed by atoms with van der Waals surface area (Å²) in [6.07, 6.45) is 1.62. The van der Waals surface area contributed by atoms with Crippen LogP contribution in [-0.4, -0.2) is 32.5 Å². The number of hydrogen-bond donors (Lipinski definition) is 0. The first-order valence-electron chi connectivity index (χ1n) is 11.4. The van der Waals surface area contributed by atoms with E-state index in [0.29, 0.717) is 44.8 Å². The molecule has 7 nitrogen and oxygen atoms in total. The first-order valence-corrected chi connectivity index (χ1v) is 12.2. The third kappa shape index (κ3) is 3.80. The molecule has 1 aliphatic rings. The number of carbonyl (C=O) groups excluding carboxylic acids is 2. The van der Waals surface area contributed by atoms with Gasteiger partial charge in [0.1, 0.15) is 21.3 Å². The molecule has 1 aliphatic heterocycles. The molecule has 0 bridgehead atoms. The minimum atomic E-state index is -0.655. The lowest BCUT2D eigenvalue weighted by Gasteiger charge is -2.11. The molecule has 9 heteroatoms. The molecular formula is C26H24FN3O4S. The van der Waals surface area contributed by atoms with Crippen LogP contribution in [0.4, 0.5) is 4.39 Å². The molecule has 3 aromatic heterocycles. The number of rotatable bonds is 5. The van der Waals surface area contributed by atoms with E-state index in [0.717, 1.165) is 35.7 Å². The molecule has 1 aromatic carbocycles. The lowest BCUT2D eigenvalue weighted by atomic mass is 10.1. The number of aromatic nitrogens is 3. The zero-order chi connectivity index (χ0) is 25.0. The van der Waals surface area contributed by atoms with Crippen LogP contribution in [0.15, 0.2) is 29.1 Å². The van der Waals surface area contributed by atoms with Crippen molar-refractivity contribution in [3.63, 3.8) is 0 Å². The van der Waals surface area contributed by atoms with E-state index in [1.807, 2.05) is 6.92 Å². The summed E-state index contributed by atoms with van der Waals surface area (Å²) in [6.45, 7) is 7.19. The Morgan fingerprint density at radius 2 is 1.94 bits per heavy atom. The Morgan fingerprint density at radius 3 is 2.69 bits per heavy atom. The van der Waals surface area contributed by atoms with Gasteiger partial charge in [-0.1, -0.05) is 6.07 Å². The van der Waals surface area contributed by atoms with Crippen LogP contribution in [0.3, 0.4) is 0 Å². The number of carbonyl (C=O) groups is 2. The standard InChI is InChI=1S/C26H24FN3O4S/c1-13-7-8-17(11-19(13)27)30-14(2)10-18(16(30)4)20(31)12-34-26(33)23-15(3)22-24(35-23)28-21-6-5-9-29(21)25(22)32/h7-8,10-11H,5-6,9,12H2,1-4H3. The molecule has 5 rings (SSSR count). The average molecular weight is 494 g/mol. The highest BCUT2D eigenvalue weighted by Crippen LogP contribution is 2.29. The molecule has 0 amide bonds. The van der Waals surface area contributed by atoms with Crippen LogP contribution in [0.1, 0.15) is 54.8 Å². The van der Waals surface area contributed by atoms with Crippen LogP contribution in [-0.2, 0) is 17.7 Å². The van der Waals surface area contributed by atoms with Crippen molar-refractivity contribution in [1.82, 2.24) is 14.1 Å². The Morgan fingerprint density at radius 1 is 1.17 bits per heavy atom. The number of ether oxygens (including phenoxy) is 1. The van der Waals surface area contributed by atoms with Gasteiger partial charge in [-0.15, -0.1) is 11.3 Å². The smallest absolute Gasteiger partial charge is 0.349 e. The molecule has 0 radical (unpaired) electrons. The lowest BCUT2D eigenvalue weighted by molar-refractivity contribution is 0.0479. The normalized spacial score (nSPS) is 12.8. The maximum absolute atomic E-state index is 14.1. The number of ketones is 1. The zero-order valence-electron chi connectivity index (χ0n) is 19.9. The molecule has 35 heavy (non-hydrogen) atoms. The summed E-state index contributed by atoms with van der Waals surface area (Å²) >= 11 is 1.12. The van der Waals surface area contributed by atoms with E-state index in [9.17, 15) is 18.8 Å². The quantitative estimate of drug-likeness (QED) is 0.300. The molecule has 0 spiro atoms. The maximum Gasteiger partial charge on any atom is 0.349 e. The molecular weight excluding hydrogens is 469 g/mol. The molecule has 0 unspecified atom stereocenters. The number of fused-ring (bicyclic) bond motifs is 2. The molecule has 0 aliphatic carbocycles. The fourth-order valence-electron chi connectivity index (χ4n) is 4.71. The summed E-state index contributed by atoms with van der Waals surface area (Å²) < 4.78 is 22.9. The van der Waals surface area contributed by atoms with Crippen LogP contribution in [0, 0.1) is 33.5 Å². The van der Waals surface area contributed by atoms with E-state index in [1.54, 1.807) is 48.1 Å². The second kappa shape index (κ2) is 8.57. The van der Waals surface area contributed by atoms with Crippen molar-refractivity contribution >= 4 is 33.3 Å². The molecule has 0 saturated carbocycles. The third-order valence-electron chi connectivity index (χ3n) is 6.58. The zero-order valence-corrected chi connectivity index (χ0v) is 20.7. The minimum Gasteiger partial charge on any atom is -0.453 e. The maximum atomic E-state index is 14.1. The highest BCUT2D eigenvalue weighted by Gasteiger charge is 2.25. The van der Waals surface area contributed by atoms with Gasteiger partial charge in [0, 0.05) is 35.6 Å². The number of hydrogen-bond acceptors (Lipinski definition) is 6. The van der Waals surface area contributed by atoms with Crippen molar-refractivity contribution < 1.29 is 18.7 Å². The van der Waals surface area contributed by atoms with Crippen molar-refractivity contribution in [2.75, 3.05) is 6.61 Å². The van der Waals surface area contributed by atoms with Crippen molar-refractivity contribution in [2.45, 2.75) is 47.1 Å². The Bertz CT molecular complexity index is 1590. The Labute approximate surface area is 204 Å². The van der Waals surface area contributed by atoms with E-state index in [2.05, 4.69) is 4.98 Å². The van der Waals surface area contributed by atoms with Gasteiger partial charge in [-0.25, -0.2) is 14.2 Å². The van der Waals surface area contributed by atoms with Gasteiger partial charge in [-0.3, -0.25) is 14.2 Å². The first-order chi connectivity index (χ1) is 16.7. The predicted octanol–water partition coefficient (Wildman–Crippen LogP) is 4.61. The topological polar surface area (TPSA) is 83.2 Å². The van der Waals surface area contributed by atoms with Gasteiger partial charge in [0.2, 0.25) is 5.78 Å². The highest BCUT2D eigenvalue weighted by atomic mass is 32.1. The third-order valence-corrected chi connectivity index (χ3v) is 7.74. The van der Waals surface area contributed by atoms with Gasteiger partial charge in [-0.05, 0) is 63.4 Å². The number of nitrogens with zero attached hydrogens (tertiary/aromatic N) is 3. The van der Waals surface area contributed by atoms with Crippen LogP contribution in [0.25, 0.3) is 15.9 Å². The van der Waals surface area contributed by atoms with Gasteiger partial charge < -0.3 is 9.30 Å². The molecule has 0 N–H and O–H groups in total. The Kier molecular flexibility index (Phi) is 5.67. The van der Waals surface area contributed by atoms with Crippen molar-refractivity contribution in [2.24, 2.45) is 0 Å². The summed E-state index contributed by atoms with van der Waals surface area (Å²) in [5.74, 6) is -0.600. The molecule has 0 atom stereocenters. The van der Waals surface area contributed by atoms with E-state index >= 15 is 0 Å². The van der Waals surface area contributed by atoms with Crippen LogP contribution >= 0.6 is 11.3 Å². The summed E-state index contributed by atoms with van der Waals surface area (Å²) in [4.78, 5) is 44.0. The van der Waals surface area contributed by atoms with Crippen molar-refractivity contribution in [1.29, 1.82) is 0 Å². The summed E-state index contributed by atoms with van der Waals surface area (Å²) in [7, 11) is 0. The molecule has 0 saturated heterocycles. The second-order valence-electron chi connectivity index (χ2n) is 8.88.